The van der Waals surface area contributed by atoms with E-state index < -0.39 is 23.5 Å². The van der Waals surface area contributed by atoms with E-state index in [1.807, 2.05) is 0 Å². The molecule has 0 aliphatic carbocycles. The number of hydrogen-bond donors (Lipinski definition) is 0. The summed E-state index contributed by atoms with van der Waals surface area (Å²) in [6, 6.07) is 2.97. The molecule has 0 bridgehead atoms. The summed E-state index contributed by atoms with van der Waals surface area (Å²) >= 11 is 0. The number of halogens is 3. The number of isocyanates is 1. The van der Waals surface area contributed by atoms with Crippen LogP contribution in [0.3, 0.4) is 0 Å². The molecular formula is C8H4F3NO. The van der Waals surface area contributed by atoms with E-state index in [4.69, 9.17) is 0 Å². The van der Waals surface area contributed by atoms with Gasteiger partial charge in [0.15, 0.2) is 11.6 Å². The number of alkyl halides is 1. The van der Waals surface area contributed by atoms with Gasteiger partial charge in [-0.2, -0.15) is 4.99 Å². The van der Waals surface area contributed by atoms with E-state index in [9.17, 15) is 18.0 Å². The predicted octanol–water partition coefficient (Wildman–Crippen LogP) is 2.27. The van der Waals surface area contributed by atoms with Crippen LogP contribution in [0.15, 0.2) is 23.2 Å². The van der Waals surface area contributed by atoms with Gasteiger partial charge in [-0.1, -0.05) is 12.1 Å². The summed E-state index contributed by atoms with van der Waals surface area (Å²) in [4.78, 5) is 12.3. The van der Waals surface area contributed by atoms with Crippen LogP contribution in [0.5, 0.6) is 0 Å². The third-order valence-electron chi connectivity index (χ3n) is 1.40. The van der Waals surface area contributed by atoms with Crippen molar-refractivity contribution in [3.8, 4) is 0 Å². The summed E-state index contributed by atoms with van der Waals surface area (Å²) in [5.74, 6) is -2.52. The van der Waals surface area contributed by atoms with E-state index in [0.29, 0.717) is 0 Å². The molecular weight excluding hydrogens is 183 g/mol. The van der Waals surface area contributed by atoms with Crippen LogP contribution in [0.25, 0.3) is 0 Å². The molecule has 1 unspecified atom stereocenters. The number of benzene rings is 1. The molecule has 1 atom stereocenters. The van der Waals surface area contributed by atoms with Gasteiger partial charge in [0.25, 0.3) is 0 Å². The molecule has 0 fully saturated rings. The summed E-state index contributed by atoms with van der Waals surface area (Å²) in [7, 11) is 0. The predicted molar refractivity (Wildman–Crippen MR) is 38.3 cm³/mol. The normalized spacial score (nSPS) is 11.9. The summed E-state index contributed by atoms with van der Waals surface area (Å²) in [5, 5.41) is 0. The minimum absolute atomic E-state index is 0.608. The summed E-state index contributed by atoms with van der Waals surface area (Å²) in [6.45, 7) is 0. The van der Waals surface area contributed by atoms with Crippen LogP contribution < -0.4 is 0 Å². The Bertz CT molecular complexity index is 360. The van der Waals surface area contributed by atoms with Crippen molar-refractivity contribution < 1.29 is 18.0 Å². The van der Waals surface area contributed by atoms with Crippen molar-refractivity contribution in [2.24, 2.45) is 4.99 Å². The molecule has 0 aliphatic rings. The minimum atomic E-state index is -2.20. The topological polar surface area (TPSA) is 29.4 Å². The molecule has 0 saturated carbocycles. The Balaban J connectivity index is 3.14. The fourth-order valence-corrected chi connectivity index (χ4v) is 0.820. The first kappa shape index (κ1) is 9.48. The van der Waals surface area contributed by atoms with E-state index in [2.05, 4.69) is 4.99 Å². The third-order valence-corrected chi connectivity index (χ3v) is 1.40. The molecule has 68 valence electrons. The second kappa shape index (κ2) is 3.87. The highest BCUT2D eigenvalue weighted by Crippen LogP contribution is 2.22. The van der Waals surface area contributed by atoms with Gasteiger partial charge in [-0.25, -0.2) is 18.0 Å². The first-order chi connectivity index (χ1) is 6.16. The molecule has 1 rings (SSSR count). The van der Waals surface area contributed by atoms with Gasteiger partial charge < -0.3 is 0 Å². The molecule has 0 heterocycles. The lowest BCUT2D eigenvalue weighted by molar-refractivity contribution is 0.339. The number of aliphatic imine (C=N–C) groups is 1. The van der Waals surface area contributed by atoms with Crippen LogP contribution in [0.2, 0.25) is 0 Å². The van der Waals surface area contributed by atoms with Crippen molar-refractivity contribution in [3.63, 3.8) is 0 Å². The number of carbonyl (C=O) groups excluding carboxylic acids is 1. The van der Waals surface area contributed by atoms with Crippen LogP contribution in [0, 0.1) is 11.6 Å². The summed E-state index contributed by atoms with van der Waals surface area (Å²) in [5.41, 5.74) is -0.608. The van der Waals surface area contributed by atoms with Crippen molar-refractivity contribution in [3.05, 3.63) is 35.4 Å². The summed E-state index contributed by atoms with van der Waals surface area (Å²) < 4.78 is 38.0. The minimum Gasteiger partial charge on any atom is -0.215 e. The van der Waals surface area contributed by atoms with Crippen molar-refractivity contribution >= 4 is 6.08 Å². The quantitative estimate of drug-likeness (QED) is 0.396. The maximum atomic E-state index is 12.8. The van der Waals surface area contributed by atoms with Gasteiger partial charge in [-0.15, -0.1) is 0 Å². The Kier molecular flexibility index (Phi) is 2.82. The van der Waals surface area contributed by atoms with E-state index in [1.54, 1.807) is 0 Å². The highest BCUT2D eigenvalue weighted by molar-refractivity contribution is 5.35. The zero-order valence-electron chi connectivity index (χ0n) is 6.30. The van der Waals surface area contributed by atoms with Crippen molar-refractivity contribution in [1.82, 2.24) is 0 Å². The van der Waals surface area contributed by atoms with Crippen molar-refractivity contribution in [2.45, 2.75) is 6.30 Å². The van der Waals surface area contributed by atoms with Gasteiger partial charge in [0.1, 0.15) is 0 Å². The molecule has 0 amide bonds. The average Bonchev–Trinajstić information content (AvgIpc) is 2.10. The fraction of sp³-hybridized carbons (Fsp3) is 0.125. The third kappa shape index (κ3) is 1.95. The van der Waals surface area contributed by atoms with Gasteiger partial charge >= 0.3 is 0 Å². The van der Waals surface area contributed by atoms with E-state index in [0.717, 1.165) is 24.3 Å². The van der Waals surface area contributed by atoms with Gasteiger partial charge in [-0.05, 0) is 6.07 Å². The molecule has 13 heavy (non-hydrogen) atoms. The molecule has 0 aliphatic heterocycles. The molecule has 5 heteroatoms. The second-order valence-electron chi connectivity index (χ2n) is 2.20. The fourth-order valence-electron chi connectivity index (χ4n) is 0.820. The van der Waals surface area contributed by atoms with Gasteiger partial charge in [0, 0.05) is 5.56 Å². The van der Waals surface area contributed by atoms with Crippen LogP contribution >= 0.6 is 0 Å². The maximum Gasteiger partial charge on any atom is 0.238 e. The number of rotatable bonds is 2. The lowest BCUT2D eigenvalue weighted by atomic mass is 10.2. The van der Waals surface area contributed by atoms with Gasteiger partial charge in [0.2, 0.25) is 12.4 Å². The molecule has 1 aromatic carbocycles. The lowest BCUT2D eigenvalue weighted by Gasteiger charge is -2.02. The monoisotopic (exact) mass is 187 g/mol. The van der Waals surface area contributed by atoms with Crippen LogP contribution in [0.4, 0.5) is 13.2 Å². The highest BCUT2D eigenvalue weighted by Gasteiger charge is 2.15. The first-order valence-electron chi connectivity index (χ1n) is 3.31. The largest absolute Gasteiger partial charge is 0.238 e. The molecule has 0 radical (unpaired) electrons. The van der Waals surface area contributed by atoms with Crippen LogP contribution in [-0.2, 0) is 4.79 Å². The van der Waals surface area contributed by atoms with Gasteiger partial charge in [0.05, 0.1) is 0 Å². The zero-order chi connectivity index (χ0) is 9.84. The molecule has 0 aromatic heterocycles. The Morgan fingerprint density at radius 1 is 1.38 bits per heavy atom. The second-order valence-corrected chi connectivity index (χ2v) is 2.20. The van der Waals surface area contributed by atoms with E-state index >= 15 is 0 Å². The standard InChI is InChI=1S/C8H4F3NO/c9-6-3-1-2-5(7(6)10)8(11)12-4-13/h1-3,8H. The van der Waals surface area contributed by atoms with Crippen LogP contribution in [0.1, 0.15) is 11.9 Å². The Labute approximate surface area is 71.7 Å². The van der Waals surface area contributed by atoms with E-state index in [-0.39, 0.29) is 0 Å². The maximum absolute atomic E-state index is 12.8. The smallest absolute Gasteiger partial charge is 0.215 e. The van der Waals surface area contributed by atoms with E-state index in [1.165, 1.54) is 0 Å². The molecule has 2 nitrogen and oxygen atoms in total. The number of nitrogens with zero attached hydrogens (tertiary/aromatic N) is 1. The van der Waals surface area contributed by atoms with Crippen LogP contribution in [-0.4, -0.2) is 6.08 Å². The first-order valence-corrected chi connectivity index (χ1v) is 3.31. The Morgan fingerprint density at radius 3 is 2.69 bits per heavy atom. The Morgan fingerprint density at radius 2 is 2.08 bits per heavy atom. The molecule has 1 aromatic rings. The molecule has 0 spiro atoms. The van der Waals surface area contributed by atoms with Gasteiger partial charge in [-0.3, -0.25) is 0 Å². The van der Waals surface area contributed by atoms with Crippen molar-refractivity contribution in [1.29, 1.82) is 0 Å². The zero-order valence-corrected chi connectivity index (χ0v) is 6.30. The molecule has 0 N–H and O–H groups in total. The number of hydrogen-bond acceptors (Lipinski definition) is 2. The molecule has 0 saturated heterocycles. The Hall–Kier alpha value is -1.61. The lowest BCUT2D eigenvalue weighted by Crippen LogP contribution is -1.95. The highest BCUT2D eigenvalue weighted by atomic mass is 19.2. The van der Waals surface area contributed by atoms with Crippen molar-refractivity contribution in [2.75, 3.05) is 0 Å². The SMILES string of the molecule is O=C=NC(F)c1cccc(F)c1F. The summed E-state index contributed by atoms with van der Waals surface area (Å²) in [6.07, 6.45) is -1.28. The average molecular weight is 187 g/mol.